The number of benzene rings is 1. The molecule has 2 heterocycles. The molecule has 2 aliphatic heterocycles. The second-order valence-electron chi connectivity index (χ2n) is 6.45. The zero-order valence-electron chi connectivity index (χ0n) is 14.4. The van der Waals surface area contributed by atoms with Crippen LogP contribution in [0.5, 0.6) is 0 Å². The number of morpholine rings is 1. The Hall–Kier alpha value is -1.63. The van der Waals surface area contributed by atoms with E-state index in [1.807, 2.05) is 42.2 Å². The highest BCUT2D eigenvalue weighted by atomic mass is 35.5. The Bertz CT molecular complexity index is 576. The smallest absolute Gasteiger partial charge is 0.253 e. The number of halogens is 1. The van der Waals surface area contributed by atoms with Crippen LogP contribution >= 0.6 is 12.4 Å². The van der Waals surface area contributed by atoms with E-state index in [0.717, 1.165) is 18.4 Å². The van der Waals surface area contributed by atoms with Crippen molar-refractivity contribution in [1.29, 1.82) is 0 Å². The van der Waals surface area contributed by atoms with Gasteiger partial charge in [-0.2, -0.15) is 0 Å². The minimum Gasteiger partial charge on any atom is -0.375 e. The van der Waals surface area contributed by atoms with Gasteiger partial charge in [-0.15, -0.1) is 12.4 Å². The van der Waals surface area contributed by atoms with E-state index in [1.165, 1.54) is 0 Å². The van der Waals surface area contributed by atoms with E-state index in [2.05, 4.69) is 10.6 Å². The molecule has 2 atom stereocenters. The molecule has 1 aromatic rings. The number of likely N-dealkylation sites (tertiary alicyclic amines) is 1. The first kappa shape index (κ1) is 19.7. The molecule has 2 aliphatic rings. The van der Waals surface area contributed by atoms with Gasteiger partial charge in [0.1, 0.15) is 6.04 Å². The molecular formula is C18H26ClN3O3. The maximum Gasteiger partial charge on any atom is 0.253 e. The monoisotopic (exact) mass is 367 g/mol. The van der Waals surface area contributed by atoms with Gasteiger partial charge >= 0.3 is 0 Å². The van der Waals surface area contributed by atoms with Crippen molar-refractivity contribution < 1.29 is 14.3 Å². The Kier molecular flexibility index (Phi) is 7.23. The van der Waals surface area contributed by atoms with Gasteiger partial charge in [-0.25, -0.2) is 0 Å². The first-order chi connectivity index (χ1) is 11.6. The molecule has 0 aromatic heterocycles. The second-order valence-corrected chi connectivity index (χ2v) is 6.45. The first-order valence-corrected chi connectivity index (χ1v) is 8.65. The van der Waals surface area contributed by atoms with Gasteiger partial charge in [0.15, 0.2) is 0 Å². The Morgan fingerprint density at radius 2 is 1.88 bits per heavy atom. The Labute approximate surface area is 154 Å². The number of hydrogen-bond acceptors (Lipinski definition) is 4. The minimum atomic E-state index is -0.289. The normalized spacial score (nSPS) is 24.3. The predicted octanol–water partition coefficient (Wildman–Crippen LogP) is 1.21. The summed E-state index contributed by atoms with van der Waals surface area (Å²) in [6.45, 7) is 4.60. The summed E-state index contributed by atoms with van der Waals surface area (Å²) in [7, 11) is 0. The molecule has 0 unspecified atom stereocenters. The van der Waals surface area contributed by atoms with Crippen LogP contribution < -0.4 is 10.6 Å². The van der Waals surface area contributed by atoms with Gasteiger partial charge in [0.2, 0.25) is 5.91 Å². The van der Waals surface area contributed by atoms with E-state index in [-0.39, 0.29) is 42.4 Å². The molecule has 0 radical (unpaired) electrons. The molecule has 0 saturated carbocycles. The number of nitrogens with zero attached hydrogens (tertiary/aromatic N) is 1. The molecule has 25 heavy (non-hydrogen) atoms. The van der Waals surface area contributed by atoms with Crippen LogP contribution in [0.15, 0.2) is 30.3 Å². The summed E-state index contributed by atoms with van der Waals surface area (Å²) in [4.78, 5) is 26.7. The number of carbonyl (C=O) groups excluding carboxylic acids is 2. The second kappa shape index (κ2) is 9.17. The van der Waals surface area contributed by atoms with Crippen molar-refractivity contribution in [2.24, 2.45) is 0 Å². The lowest BCUT2D eigenvalue weighted by Crippen LogP contribution is -2.58. The maximum atomic E-state index is 12.4. The van der Waals surface area contributed by atoms with Gasteiger partial charge < -0.3 is 20.3 Å². The third-order valence-corrected chi connectivity index (χ3v) is 4.75. The van der Waals surface area contributed by atoms with Crippen molar-refractivity contribution in [2.45, 2.75) is 38.0 Å². The van der Waals surface area contributed by atoms with Crippen LogP contribution in [0, 0.1) is 0 Å². The van der Waals surface area contributed by atoms with E-state index in [4.69, 9.17) is 4.74 Å². The summed E-state index contributed by atoms with van der Waals surface area (Å²) in [6.07, 6.45) is 1.46. The highest BCUT2D eigenvalue weighted by Gasteiger charge is 2.31. The van der Waals surface area contributed by atoms with Crippen molar-refractivity contribution in [3.8, 4) is 0 Å². The minimum absolute atomic E-state index is 0. The van der Waals surface area contributed by atoms with Gasteiger partial charge in [-0.05, 0) is 31.9 Å². The molecular weight excluding hydrogens is 342 g/mol. The fourth-order valence-corrected chi connectivity index (χ4v) is 3.31. The number of amides is 2. The SMILES string of the molecule is C[C@H]1OCCN[C@@H]1C(=O)NC1CCN(C(=O)c2ccccc2)CC1.Cl. The summed E-state index contributed by atoms with van der Waals surface area (Å²) in [5.41, 5.74) is 0.720. The highest BCUT2D eigenvalue weighted by molar-refractivity contribution is 5.94. The van der Waals surface area contributed by atoms with Crippen LogP contribution in [0.3, 0.4) is 0 Å². The zero-order valence-corrected chi connectivity index (χ0v) is 15.3. The Morgan fingerprint density at radius 3 is 2.52 bits per heavy atom. The third kappa shape index (κ3) is 4.93. The van der Waals surface area contributed by atoms with Crippen LogP contribution in [-0.4, -0.2) is 61.1 Å². The van der Waals surface area contributed by atoms with Crippen LogP contribution in [0.25, 0.3) is 0 Å². The molecule has 6 nitrogen and oxygen atoms in total. The number of ether oxygens (including phenoxy) is 1. The molecule has 138 valence electrons. The zero-order chi connectivity index (χ0) is 16.9. The summed E-state index contributed by atoms with van der Waals surface area (Å²) in [5, 5.41) is 6.30. The molecule has 7 heteroatoms. The lowest BCUT2D eigenvalue weighted by atomic mass is 10.0. The van der Waals surface area contributed by atoms with Gasteiger partial charge in [-0.3, -0.25) is 9.59 Å². The quantitative estimate of drug-likeness (QED) is 0.842. The average Bonchev–Trinajstić information content (AvgIpc) is 2.63. The summed E-state index contributed by atoms with van der Waals surface area (Å²) in [6, 6.07) is 9.17. The van der Waals surface area contributed by atoms with Crippen LogP contribution in [0.2, 0.25) is 0 Å². The summed E-state index contributed by atoms with van der Waals surface area (Å²) < 4.78 is 5.52. The van der Waals surface area contributed by atoms with Gasteiger partial charge in [0.25, 0.3) is 5.91 Å². The number of carbonyl (C=O) groups is 2. The summed E-state index contributed by atoms with van der Waals surface area (Å²) >= 11 is 0. The largest absolute Gasteiger partial charge is 0.375 e. The number of piperidine rings is 1. The molecule has 2 saturated heterocycles. The number of nitrogens with one attached hydrogen (secondary N) is 2. The van der Waals surface area contributed by atoms with Gasteiger partial charge in [0.05, 0.1) is 12.7 Å². The molecule has 0 aliphatic carbocycles. The van der Waals surface area contributed by atoms with Gasteiger partial charge in [0, 0.05) is 31.2 Å². The van der Waals surface area contributed by atoms with Crippen LogP contribution in [-0.2, 0) is 9.53 Å². The fourth-order valence-electron chi connectivity index (χ4n) is 3.31. The van der Waals surface area contributed by atoms with Crippen molar-refractivity contribution in [3.63, 3.8) is 0 Å². The lowest BCUT2D eigenvalue weighted by Gasteiger charge is -2.35. The molecule has 2 fully saturated rings. The van der Waals surface area contributed by atoms with Crippen molar-refractivity contribution in [3.05, 3.63) is 35.9 Å². The van der Waals surface area contributed by atoms with E-state index < -0.39 is 0 Å². The van der Waals surface area contributed by atoms with E-state index >= 15 is 0 Å². The molecule has 2 N–H and O–H groups in total. The lowest BCUT2D eigenvalue weighted by molar-refractivity contribution is -0.129. The van der Waals surface area contributed by atoms with Crippen LogP contribution in [0.4, 0.5) is 0 Å². The van der Waals surface area contributed by atoms with Crippen molar-refractivity contribution in [1.82, 2.24) is 15.5 Å². The van der Waals surface area contributed by atoms with E-state index in [0.29, 0.717) is 26.2 Å². The Balaban J connectivity index is 0.00000225. The fraction of sp³-hybridized carbons (Fsp3) is 0.556. The topological polar surface area (TPSA) is 70.7 Å². The number of rotatable bonds is 3. The van der Waals surface area contributed by atoms with Gasteiger partial charge in [-0.1, -0.05) is 18.2 Å². The van der Waals surface area contributed by atoms with Crippen molar-refractivity contribution in [2.75, 3.05) is 26.2 Å². The predicted molar refractivity (Wildman–Crippen MR) is 98.0 cm³/mol. The van der Waals surface area contributed by atoms with Crippen molar-refractivity contribution >= 4 is 24.2 Å². The van der Waals surface area contributed by atoms with E-state index in [1.54, 1.807) is 0 Å². The highest BCUT2D eigenvalue weighted by Crippen LogP contribution is 2.15. The molecule has 0 spiro atoms. The molecule has 3 rings (SSSR count). The third-order valence-electron chi connectivity index (χ3n) is 4.75. The maximum absolute atomic E-state index is 12.4. The molecule has 0 bridgehead atoms. The first-order valence-electron chi connectivity index (χ1n) is 8.65. The summed E-state index contributed by atoms with van der Waals surface area (Å²) in [5.74, 6) is 0.0615. The molecule has 1 aromatic carbocycles. The van der Waals surface area contributed by atoms with E-state index in [9.17, 15) is 9.59 Å². The van der Waals surface area contributed by atoms with Crippen LogP contribution in [0.1, 0.15) is 30.1 Å². The Morgan fingerprint density at radius 1 is 1.20 bits per heavy atom. The molecule has 2 amide bonds. The standard InChI is InChI=1S/C18H25N3O3.ClH/c1-13-16(19-9-12-24-13)17(22)20-15-7-10-21(11-8-15)18(23)14-5-3-2-4-6-14;/h2-6,13,15-16,19H,7-12H2,1H3,(H,20,22);1H/t13-,16+;/m1./s1. The number of hydrogen-bond donors (Lipinski definition) is 2. The average molecular weight is 368 g/mol.